The molecule has 0 aliphatic carbocycles. The lowest BCUT2D eigenvalue weighted by atomic mass is 10.1. The van der Waals surface area contributed by atoms with Gasteiger partial charge in [-0.05, 0) is 30.5 Å². The van der Waals surface area contributed by atoms with E-state index in [1.54, 1.807) is 13.1 Å². The maximum atomic E-state index is 13.0. The van der Waals surface area contributed by atoms with Gasteiger partial charge in [-0.15, -0.1) is 24.0 Å². The zero-order valence-corrected chi connectivity index (χ0v) is 16.6. The first-order chi connectivity index (χ1) is 10.4. The molecule has 9 heteroatoms. The Balaban J connectivity index is 0.00000264. The summed E-state index contributed by atoms with van der Waals surface area (Å²) < 4.78 is 35.8. The minimum atomic E-state index is -2.92. The van der Waals surface area contributed by atoms with Crippen LogP contribution in [0.5, 0.6) is 0 Å². The van der Waals surface area contributed by atoms with E-state index in [0.717, 1.165) is 5.56 Å². The molecular formula is C14H20ClFIN3O2S. The highest BCUT2D eigenvalue weighted by atomic mass is 127. The van der Waals surface area contributed by atoms with E-state index in [9.17, 15) is 12.8 Å². The van der Waals surface area contributed by atoms with Crippen LogP contribution in [0.25, 0.3) is 0 Å². The van der Waals surface area contributed by atoms with Crippen molar-refractivity contribution in [1.82, 2.24) is 10.6 Å². The number of guanidine groups is 1. The second kappa shape index (κ2) is 9.03. The number of halogens is 3. The predicted molar refractivity (Wildman–Crippen MR) is 102 cm³/mol. The lowest BCUT2D eigenvalue weighted by molar-refractivity contribution is 0.599. The Morgan fingerprint density at radius 2 is 2.22 bits per heavy atom. The molecule has 23 heavy (non-hydrogen) atoms. The summed E-state index contributed by atoms with van der Waals surface area (Å²) in [6, 6.07) is 4.20. The summed E-state index contributed by atoms with van der Waals surface area (Å²) >= 11 is 5.97. The highest BCUT2D eigenvalue weighted by Gasteiger charge is 2.28. The highest BCUT2D eigenvalue weighted by molar-refractivity contribution is 14.0. The van der Waals surface area contributed by atoms with Gasteiger partial charge in [0.1, 0.15) is 5.82 Å². The number of aliphatic imine (C=N–C) groups is 1. The van der Waals surface area contributed by atoms with Crippen molar-refractivity contribution in [3.05, 3.63) is 34.6 Å². The summed E-state index contributed by atoms with van der Waals surface area (Å²) in [4.78, 5) is 4.07. The average Bonchev–Trinajstić information content (AvgIpc) is 2.79. The molecule has 2 rings (SSSR count). The predicted octanol–water partition coefficient (Wildman–Crippen LogP) is 1.99. The van der Waals surface area contributed by atoms with Crippen LogP contribution in [-0.4, -0.2) is 45.5 Å². The molecule has 1 aromatic carbocycles. The Morgan fingerprint density at radius 1 is 1.48 bits per heavy atom. The highest BCUT2D eigenvalue weighted by Crippen LogP contribution is 2.17. The zero-order valence-electron chi connectivity index (χ0n) is 12.7. The zero-order chi connectivity index (χ0) is 16.2. The average molecular weight is 476 g/mol. The van der Waals surface area contributed by atoms with Crippen molar-refractivity contribution in [2.75, 3.05) is 25.1 Å². The van der Waals surface area contributed by atoms with Gasteiger partial charge in [0.25, 0.3) is 0 Å². The van der Waals surface area contributed by atoms with Crippen LogP contribution in [0.3, 0.4) is 0 Å². The van der Waals surface area contributed by atoms with E-state index in [0.29, 0.717) is 30.4 Å². The Kier molecular flexibility index (Phi) is 8.02. The maximum absolute atomic E-state index is 13.0. The number of hydrogen-bond donors (Lipinski definition) is 2. The van der Waals surface area contributed by atoms with Crippen LogP contribution in [0, 0.1) is 5.82 Å². The summed E-state index contributed by atoms with van der Waals surface area (Å²) in [6.07, 6.45) is 1.20. The van der Waals surface area contributed by atoms with Crippen LogP contribution in [0.4, 0.5) is 4.39 Å². The molecule has 2 N–H and O–H groups in total. The number of nitrogens with one attached hydrogen (secondary N) is 2. The second-order valence-corrected chi connectivity index (χ2v) is 7.86. The maximum Gasteiger partial charge on any atom is 0.191 e. The van der Waals surface area contributed by atoms with Gasteiger partial charge in [-0.3, -0.25) is 4.99 Å². The lowest BCUT2D eigenvalue weighted by Crippen LogP contribution is -2.44. The Hall–Kier alpha value is -0.610. The van der Waals surface area contributed by atoms with Crippen LogP contribution >= 0.6 is 35.6 Å². The fourth-order valence-electron chi connectivity index (χ4n) is 2.34. The molecular weight excluding hydrogens is 456 g/mol. The molecule has 1 atom stereocenters. The molecule has 0 aromatic heterocycles. The molecule has 0 spiro atoms. The largest absolute Gasteiger partial charge is 0.356 e. The Bertz CT molecular complexity index is 670. The molecule has 130 valence electrons. The van der Waals surface area contributed by atoms with Gasteiger partial charge in [0.05, 0.1) is 11.5 Å². The SMILES string of the molecule is CN=C(NCCc1ccc(F)cc1Cl)NC1CCS(=O)(=O)C1.I. The van der Waals surface area contributed by atoms with E-state index < -0.39 is 9.84 Å². The van der Waals surface area contributed by atoms with Crippen molar-refractivity contribution >= 4 is 51.4 Å². The molecule has 5 nitrogen and oxygen atoms in total. The first-order valence-corrected chi connectivity index (χ1v) is 9.21. The quantitative estimate of drug-likeness (QED) is 0.397. The van der Waals surface area contributed by atoms with E-state index in [1.807, 2.05) is 0 Å². The Morgan fingerprint density at radius 3 is 2.78 bits per heavy atom. The summed E-state index contributed by atoms with van der Waals surface area (Å²) in [5.41, 5.74) is 0.842. The van der Waals surface area contributed by atoms with Gasteiger partial charge in [-0.25, -0.2) is 12.8 Å². The molecule has 0 amide bonds. The van der Waals surface area contributed by atoms with E-state index in [4.69, 9.17) is 11.6 Å². The summed E-state index contributed by atoms with van der Waals surface area (Å²) in [5, 5.41) is 6.60. The topological polar surface area (TPSA) is 70.6 Å². The Labute approximate surface area is 158 Å². The number of sulfone groups is 1. The van der Waals surface area contributed by atoms with Gasteiger partial charge < -0.3 is 10.6 Å². The third-order valence-corrected chi connectivity index (χ3v) is 5.62. The van der Waals surface area contributed by atoms with E-state index >= 15 is 0 Å². The third-order valence-electron chi connectivity index (χ3n) is 3.50. The summed E-state index contributed by atoms with van der Waals surface area (Å²) in [7, 11) is -1.29. The second-order valence-electron chi connectivity index (χ2n) is 5.23. The number of hydrogen-bond acceptors (Lipinski definition) is 3. The molecule has 1 aliphatic rings. The normalized spacial score (nSPS) is 20.0. The van der Waals surface area contributed by atoms with Gasteiger partial charge in [0, 0.05) is 24.7 Å². The molecule has 1 unspecified atom stereocenters. The van der Waals surface area contributed by atoms with Gasteiger partial charge in [-0.1, -0.05) is 17.7 Å². The van der Waals surface area contributed by atoms with Crippen LogP contribution in [0.1, 0.15) is 12.0 Å². The lowest BCUT2D eigenvalue weighted by Gasteiger charge is -2.16. The van der Waals surface area contributed by atoms with Gasteiger partial charge in [0.2, 0.25) is 0 Å². The van der Waals surface area contributed by atoms with Crippen molar-refractivity contribution < 1.29 is 12.8 Å². The van der Waals surface area contributed by atoms with Crippen LogP contribution in [0.2, 0.25) is 5.02 Å². The molecule has 0 bridgehead atoms. The van der Waals surface area contributed by atoms with E-state index in [1.165, 1.54) is 12.1 Å². The first kappa shape index (κ1) is 20.4. The van der Waals surface area contributed by atoms with Crippen molar-refractivity contribution in [2.45, 2.75) is 18.9 Å². The van der Waals surface area contributed by atoms with Crippen LogP contribution < -0.4 is 10.6 Å². The van der Waals surface area contributed by atoms with Crippen molar-refractivity contribution in [2.24, 2.45) is 4.99 Å². The minimum Gasteiger partial charge on any atom is -0.356 e. The molecule has 0 radical (unpaired) electrons. The van der Waals surface area contributed by atoms with E-state index in [2.05, 4.69) is 15.6 Å². The van der Waals surface area contributed by atoms with Crippen LogP contribution in [-0.2, 0) is 16.3 Å². The monoisotopic (exact) mass is 475 g/mol. The number of nitrogens with zero attached hydrogens (tertiary/aromatic N) is 1. The summed E-state index contributed by atoms with van der Waals surface area (Å²) in [5.74, 6) is 0.548. The molecule has 1 aliphatic heterocycles. The van der Waals surface area contributed by atoms with Crippen molar-refractivity contribution in [3.63, 3.8) is 0 Å². The van der Waals surface area contributed by atoms with Crippen molar-refractivity contribution in [1.29, 1.82) is 0 Å². The van der Waals surface area contributed by atoms with Crippen molar-refractivity contribution in [3.8, 4) is 0 Å². The first-order valence-electron chi connectivity index (χ1n) is 7.01. The van der Waals surface area contributed by atoms with Gasteiger partial charge >= 0.3 is 0 Å². The van der Waals surface area contributed by atoms with Gasteiger partial charge in [0.15, 0.2) is 15.8 Å². The third kappa shape index (κ3) is 6.42. The fraction of sp³-hybridized carbons (Fsp3) is 0.500. The molecule has 0 saturated carbocycles. The smallest absolute Gasteiger partial charge is 0.191 e. The standard InChI is InChI=1S/C14H19ClFN3O2S.HI/c1-17-14(19-12-5-7-22(20,21)9-12)18-6-4-10-2-3-11(16)8-13(10)15;/h2-3,8,12H,4-7,9H2,1H3,(H2,17,18,19);1H. The molecule has 1 saturated heterocycles. The number of rotatable bonds is 4. The molecule has 1 fully saturated rings. The molecule has 1 aromatic rings. The molecule has 1 heterocycles. The number of benzene rings is 1. The minimum absolute atomic E-state index is 0. The van der Waals surface area contributed by atoms with Gasteiger partial charge in [-0.2, -0.15) is 0 Å². The summed E-state index contributed by atoms with van der Waals surface area (Å²) in [6.45, 7) is 0.560. The fourth-order valence-corrected chi connectivity index (χ4v) is 4.27. The van der Waals surface area contributed by atoms with Crippen LogP contribution in [0.15, 0.2) is 23.2 Å². The van der Waals surface area contributed by atoms with E-state index in [-0.39, 0.29) is 47.3 Å².